The number of benzene rings is 2. The van der Waals surface area contributed by atoms with Crippen molar-refractivity contribution >= 4 is 5.91 Å². The number of hydrogen-bond donors (Lipinski definition) is 2. The van der Waals surface area contributed by atoms with Crippen molar-refractivity contribution in [1.29, 1.82) is 0 Å². The van der Waals surface area contributed by atoms with Gasteiger partial charge < -0.3 is 15.2 Å². The molecule has 0 aliphatic carbocycles. The Morgan fingerprint density at radius 3 is 2.16 bits per heavy atom. The molecule has 4 nitrogen and oxygen atoms in total. The molecule has 0 aliphatic rings. The van der Waals surface area contributed by atoms with Gasteiger partial charge in [-0.15, -0.1) is 0 Å². The number of amides is 1. The zero-order valence-electron chi connectivity index (χ0n) is 14.6. The van der Waals surface area contributed by atoms with Gasteiger partial charge in [-0.05, 0) is 55.8 Å². The van der Waals surface area contributed by atoms with Crippen LogP contribution in [0.3, 0.4) is 0 Å². The van der Waals surface area contributed by atoms with Gasteiger partial charge in [0.05, 0.1) is 19.3 Å². The van der Waals surface area contributed by atoms with Gasteiger partial charge in [-0.3, -0.25) is 4.79 Å². The molecule has 0 aromatic heterocycles. The first-order valence-electron chi connectivity index (χ1n) is 8.37. The Kier molecular flexibility index (Phi) is 7.06. The summed E-state index contributed by atoms with van der Waals surface area (Å²) in [6.45, 7) is 4.38. The first-order valence-corrected chi connectivity index (χ1v) is 8.37. The zero-order valence-corrected chi connectivity index (χ0v) is 14.6. The van der Waals surface area contributed by atoms with E-state index in [-0.39, 0.29) is 25.0 Å². The molecule has 0 bridgehead atoms. The van der Waals surface area contributed by atoms with E-state index in [9.17, 15) is 4.79 Å². The van der Waals surface area contributed by atoms with Crippen LogP contribution in [0.1, 0.15) is 43.0 Å². The fraction of sp³-hybridized carbons (Fsp3) is 0.286. The molecule has 0 spiro atoms. The molecule has 0 aliphatic heterocycles. The minimum atomic E-state index is -0.158. The van der Waals surface area contributed by atoms with Crippen LogP contribution in [0.5, 0.6) is 5.75 Å². The summed E-state index contributed by atoms with van der Waals surface area (Å²) in [5.74, 6) is 6.94. The summed E-state index contributed by atoms with van der Waals surface area (Å²) < 4.78 is 5.41. The molecule has 0 saturated heterocycles. The van der Waals surface area contributed by atoms with E-state index in [1.807, 2.05) is 62.4 Å². The molecule has 130 valence electrons. The van der Waals surface area contributed by atoms with Gasteiger partial charge in [0.15, 0.2) is 0 Å². The lowest BCUT2D eigenvalue weighted by Crippen LogP contribution is -2.27. The number of carbonyl (C=O) groups is 1. The van der Waals surface area contributed by atoms with Gasteiger partial charge in [-0.1, -0.05) is 24.0 Å². The molecule has 0 radical (unpaired) electrons. The smallest absolute Gasteiger partial charge is 0.222 e. The average molecular weight is 337 g/mol. The topological polar surface area (TPSA) is 58.6 Å². The molecule has 2 rings (SSSR count). The maximum absolute atomic E-state index is 11.5. The molecule has 1 amide bonds. The molecular weight excluding hydrogens is 314 g/mol. The third kappa shape index (κ3) is 5.98. The predicted molar refractivity (Wildman–Crippen MR) is 98.3 cm³/mol. The molecule has 4 heteroatoms. The van der Waals surface area contributed by atoms with Gasteiger partial charge in [-0.25, -0.2) is 0 Å². The molecule has 1 atom stereocenters. The van der Waals surface area contributed by atoms with Crippen LogP contribution in [0.15, 0.2) is 48.5 Å². The van der Waals surface area contributed by atoms with E-state index in [0.29, 0.717) is 6.61 Å². The second-order valence-corrected chi connectivity index (χ2v) is 5.59. The van der Waals surface area contributed by atoms with Crippen LogP contribution in [-0.2, 0) is 4.79 Å². The number of aliphatic hydroxyl groups is 1. The molecule has 2 aromatic rings. The highest BCUT2D eigenvalue weighted by atomic mass is 16.5. The lowest BCUT2D eigenvalue weighted by Gasteiger charge is -2.13. The van der Waals surface area contributed by atoms with E-state index in [0.717, 1.165) is 22.4 Å². The highest BCUT2D eigenvalue weighted by molar-refractivity contribution is 5.76. The molecule has 0 fully saturated rings. The van der Waals surface area contributed by atoms with Crippen LogP contribution < -0.4 is 10.1 Å². The molecule has 25 heavy (non-hydrogen) atoms. The van der Waals surface area contributed by atoms with Crippen LogP contribution >= 0.6 is 0 Å². The van der Waals surface area contributed by atoms with Crippen molar-refractivity contribution in [2.75, 3.05) is 13.2 Å². The minimum absolute atomic E-state index is 0.104. The summed E-state index contributed by atoms with van der Waals surface area (Å²) in [6, 6.07) is 15.4. The summed E-state index contributed by atoms with van der Waals surface area (Å²) in [7, 11) is 0. The molecule has 0 saturated carbocycles. The van der Waals surface area contributed by atoms with Crippen LogP contribution in [0, 0.1) is 11.8 Å². The van der Waals surface area contributed by atoms with Crippen molar-refractivity contribution in [2.45, 2.75) is 26.3 Å². The number of aliphatic hydroxyl groups excluding tert-OH is 1. The third-order valence-corrected chi connectivity index (χ3v) is 3.64. The van der Waals surface area contributed by atoms with Crippen molar-refractivity contribution in [3.8, 4) is 17.6 Å². The first-order chi connectivity index (χ1) is 12.1. The standard InChI is InChI=1S/C21H23NO3/c1-3-25-20-12-8-18(9-13-20)5-4-17-6-10-19(11-7-17)16(2)22-21(24)14-15-23/h6-13,16,23H,3,14-15H2,1-2H3,(H,22,24). The lowest BCUT2D eigenvalue weighted by atomic mass is 10.1. The predicted octanol–water partition coefficient (Wildman–Crippen LogP) is 3.04. The van der Waals surface area contributed by atoms with E-state index in [2.05, 4.69) is 17.2 Å². The minimum Gasteiger partial charge on any atom is -0.494 e. The summed E-state index contributed by atoms with van der Waals surface area (Å²) in [4.78, 5) is 11.5. The van der Waals surface area contributed by atoms with Gasteiger partial charge in [-0.2, -0.15) is 0 Å². The van der Waals surface area contributed by atoms with E-state index >= 15 is 0 Å². The van der Waals surface area contributed by atoms with E-state index in [4.69, 9.17) is 9.84 Å². The second-order valence-electron chi connectivity index (χ2n) is 5.59. The van der Waals surface area contributed by atoms with Gasteiger partial charge in [0.25, 0.3) is 0 Å². The monoisotopic (exact) mass is 337 g/mol. The Labute approximate surface area is 148 Å². The van der Waals surface area contributed by atoms with Crippen molar-refractivity contribution < 1.29 is 14.6 Å². The maximum atomic E-state index is 11.5. The molecule has 1 unspecified atom stereocenters. The second kappa shape index (κ2) is 9.51. The largest absolute Gasteiger partial charge is 0.494 e. The van der Waals surface area contributed by atoms with Gasteiger partial charge in [0.2, 0.25) is 5.91 Å². The fourth-order valence-electron chi connectivity index (χ4n) is 2.30. The normalized spacial score (nSPS) is 11.2. The Bertz CT molecular complexity index is 739. The van der Waals surface area contributed by atoms with Crippen molar-refractivity contribution in [2.24, 2.45) is 0 Å². The van der Waals surface area contributed by atoms with Crippen LogP contribution in [0.4, 0.5) is 0 Å². The van der Waals surface area contributed by atoms with Crippen LogP contribution in [0.25, 0.3) is 0 Å². The average Bonchev–Trinajstić information content (AvgIpc) is 2.62. The number of carbonyl (C=O) groups excluding carboxylic acids is 1. The van der Waals surface area contributed by atoms with Gasteiger partial charge in [0, 0.05) is 17.5 Å². The van der Waals surface area contributed by atoms with Gasteiger partial charge in [0.1, 0.15) is 5.75 Å². The summed E-state index contributed by atoms with van der Waals surface area (Å²) in [5.41, 5.74) is 2.83. The summed E-state index contributed by atoms with van der Waals surface area (Å²) in [5, 5.41) is 11.6. The van der Waals surface area contributed by atoms with E-state index in [1.165, 1.54) is 0 Å². The Morgan fingerprint density at radius 1 is 1.08 bits per heavy atom. The van der Waals surface area contributed by atoms with Crippen molar-refractivity contribution in [3.05, 3.63) is 65.2 Å². The summed E-state index contributed by atoms with van der Waals surface area (Å²) >= 11 is 0. The highest BCUT2D eigenvalue weighted by Crippen LogP contribution is 2.14. The van der Waals surface area contributed by atoms with E-state index < -0.39 is 0 Å². The van der Waals surface area contributed by atoms with Crippen molar-refractivity contribution in [1.82, 2.24) is 5.32 Å². The highest BCUT2D eigenvalue weighted by Gasteiger charge is 2.08. The SMILES string of the molecule is CCOc1ccc(C#Cc2ccc(C(C)NC(=O)CCO)cc2)cc1. The quantitative estimate of drug-likeness (QED) is 0.797. The molecule has 2 N–H and O–H groups in total. The van der Waals surface area contributed by atoms with Crippen LogP contribution in [-0.4, -0.2) is 24.2 Å². The Balaban J connectivity index is 1.99. The molecule has 2 aromatic carbocycles. The first kappa shape index (κ1) is 18.6. The van der Waals surface area contributed by atoms with Gasteiger partial charge >= 0.3 is 0 Å². The van der Waals surface area contributed by atoms with Crippen LogP contribution in [0.2, 0.25) is 0 Å². The third-order valence-electron chi connectivity index (χ3n) is 3.64. The lowest BCUT2D eigenvalue weighted by molar-refractivity contribution is -0.122. The summed E-state index contributed by atoms with van der Waals surface area (Å²) in [6.07, 6.45) is 0.121. The number of hydrogen-bond acceptors (Lipinski definition) is 3. The van der Waals surface area contributed by atoms with E-state index in [1.54, 1.807) is 0 Å². The Hall–Kier alpha value is -2.77. The Morgan fingerprint density at radius 2 is 1.64 bits per heavy atom. The molecular formula is C21H23NO3. The fourth-order valence-corrected chi connectivity index (χ4v) is 2.30. The number of ether oxygens (including phenoxy) is 1. The number of nitrogens with one attached hydrogen (secondary N) is 1. The zero-order chi connectivity index (χ0) is 18.1. The van der Waals surface area contributed by atoms with Crippen molar-refractivity contribution in [3.63, 3.8) is 0 Å². The number of rotatable bonds is 6. The maximum Gasteiger partial charge on any atom is 0.222 e. The molecule has 0 heterocycles.